The molecule has 0 aliphatic rings. The van der Waals surface area contributed by atoms with E-state index in [1.54, 1.807) is 12.1 Å². The minimum atomic E-state index is -0.275. The van der Waals surface area contributed by atoms with Crippen LogP contribution in [0.15, 0.2) is 54.6 Å². The number of ether oxygens (including phenoxy) is 1. The number of benzene rings is 2. The van der Waals surface area contributed by atoms with E-state index in [-0.39, 0.29) is 12.1 Å². The van der Waals surface area contributed by atoms with Gasteiger partial charge in [-0.05, 0) is 37.7 Å². The van der Waals surface area contributed by atoms with E-state index < -0.39 is 0 Å². The van der Waals surface area contributed by atoms with Crippen molar-refractivity contribution in [1.29, 1.82) is 0 Å². The first-order chi connectivity index (χ1) is 11.1. The Morgan fingerprint density at radius 2 is 1.61 bits per heavy atom. The molecule has 0 bridgehead atoms. The van der Waals surface area contributed by atoms with E-state index in [1.165, 1.54) is 5.56 Å². The summed E-state index contributed by atoms with van der Waals surface area (Å²) in [5, 5.41) is 0. The predicted molar refractivity (Wildman–Crippen MR) is 93.6 cm³/mol. The summed E-state index contributed by atoms with van der Waals surface area (Å²) in [6.07, 6.45) is -0.261. The van der Waals surface area contributed by atoms with Crippen molar-refractivity contribution >= 4 is 5.97 Å². The van der Waals surface area contributed by atoms with Crippen LogP contribution in [0.1, 0.15) is 41.4 Å². The molecule has 0 N–H and O–H groups in total. The van der Waals surface area contributed by atoms with Crippen LogP contribution in [0.2, 0.25) is 0 Å². The zero-order valence-corrected chi connectivity index (χ0v) is 14.2. The van der Waals surface area contributed by atoms with E-state index in [1.807, 2.05) is 30.3 Å². The van der Waals surface area contributed by atoms with Crippen LogP contribution in [-0.4, -0.2) is 30.5 Å². The smallest absolute Gasteiger partial charge is 0.338 e. The summed E-state index contributed by atoms with van der Waals surface area (Å²) < 4.78 is 5.82. The van der Waals surface area contributed by atoms with Crippen LogP contribution < -0.4 is 0 Å². The molecule has 0 spiro atoms. The molecule has 0 aliphatic carbocycles. The summed E-state index contributed by atoms with van der Waals surface area (Å²) >= 11 is 0. The van der Waals surface area contributed by atoms with Gasteiger partial charge in [0.15, 0.2) is 0 Å². The molecule has 1 atom stereocenters. The number of hydrogen-bond donors (Lipinski definition) is 0. The molecule has 23 heavy (non-hydrogen) atoms. The summed E-state index contributed by atoms with van der Waals surface area (Å²) in [6, 6.07) is 17.4. The maximum atomic E-state index is 12.4. The van der Waals surface area contributed by atoms with Crippen molar-refractivity contribution in [1.82, 2.24) is 4.90 Å². The van der Waals surface area contributed by atoms with E-state index in [9.17, 15) is 4.79 Å². The van der Waals surface area contributed by atoms with Gasteiger partial charge in [0, 0.05) is 6.54 Å². The first-order valence-corrected chi connectivity index (χ1v) is 8.19. The lowest BCUT2D eigenvalue weighted by Crippen LogP contribution is -2.30. The second-order valence-electron chi connectivity index (χ2n) is 5.66. The Bertz CT molecular complexity index is 603. The Kier molecular flexibility index (Phi) is 6.36. The highest BCUT2D eigenvalue weighted by Crippen LogP contribution is 2.21. The molecular formula is C20H25NO2. The topological polar surface area (TPSA) is 29.5 Å². The molecule has 0 aliphatic heterocycles. The van der Waals surface area contributed by atoms with Crippen LogP contribution in [0.25, 0.3) is 0 Å². The highest BCUT2D eigenvalue weighted by Gasteiger charge is 2.20. The normalized spacial score (nSPS) is 12.2. The van der Waals surface area contributed by atoms with Crippen molar-refractivity contribution in [2.45, 2.75) is 26.9 Å². The number of aryl methyl sites for hydroxylation is 1. The monoisotopic (exact) mass is 311 g/mol. The van der Waals surface area contributed by atoms with E-state index in [2.05, 4.69) is 37.8 Å². The minimum Gasteiger partial charge on any atom is -0.453 e. The van der Waals surface area contributed by atoms with E-state index in [4.69, 9.17) is 4.74 Å². The lowest BCUT2D eigenvalue weighted by Gasteiger charge is -2.25. The molecule has 0 aromatic heterocycles. The second kappa shape index (κ2) is 8.49. The van der Waals surface area contributed by atoms with Gasteiger partial charge in [-0.2, -0.15) is 0 Å². The predicted octanol–water partition coefficient (Wildman–Crippen LogP) is 4.23. The number of likely N-dealkylation sites (N-methyl/N-ethyl adjacent to an activating group) is 1. The van der Waals surface area contributed by atoms with Crippen molar-refractivity contribution in [2.24, 2.45) is 0 Å². The van der Waals surface area contributed by atoms with Gasteiger partial charge in [0.1, 0.15) is 6.10 Å². The third-order valence-corrected chi connectivity index (χ3v) is 4.03. The Balaban J connectivity index is 2.19. The van der Waals surface area contributed by atoms with Gasteiger partial charge in [-0.1, -0.05) is 61.9 Å². The maximum absolute atomic E-state index is 12.4. The van der Waals surface area contributed by atoms with Crippen molar-refractivity contribution < 1.29 is 9.53 Å². The number of nitrogens with zero attached hydrogens (tertiary/aromatic N) is 1. The maximum Gasteiger partial charge on any atom is 0.338 e. The standard InChI is InChI=1S/C20H25NO2/c1-4-21(5-2)15-19(17-13-11-16(3)12-14-17)23-20(22)18-9-7-6-8-10-18/h6-14,19H,4-5,15H2,1-3H3. The molecule has 0 fully saturated rings. The van der Waals surface area contributed by atoms with Crippen molar-refractivity contribution in [3.05, 3.63) is 71.3 Å². The molecule has 122 valence electrons. The highest BCUT2D eigenvalue weighted by atomic mass is 16.5. The van der Waals surface area contributed by atoms with Crippen molar-refractivity contribution in [2.75, 3.05) is 19.6 Å². The molecule has 3 heteroatoms. The highest BCUT2D eigenvalue weighted by molar-refractivity contribution is 5.89. The van der Waals surface area contributed by atoms with Crippen LogP contribution in [-0.2, 0) is 4.74 Å². The van der Waals surface area contributed by atoms with Crippen LogP contribution >= 0.6 is 0 Å². The third kappa shape index (κ3) is 4.93. The molecule has 1 unspecified atom stereocenters. The van der Waals surface area contributed by atoms with Gasteiger partial charge in [0.05, 0.1) is 5.56 Å². The van der Waals surface area contributed by atoms with Crippen molar-refractivity contribution in [3.63, 3.8) is 0 Å². The van der Waals surface area contributed by atoms with Crippen LogP contribution in [0.5, 0.6) is 0 Å². The molecule has 3 nitrogen and oxygen atoms in total. The Labute approximate surface area is 138 Å². The first-order valence-electron chi connectivity index (χ1n) is 8.19. The zero-order valence-electron chi connectivity index (χ0n) is 14.2. The summed E-state index contributed by atoms with van der Waals surface area (Å²) in [7, 11) is 0. The average molecular weight is 311 g/mol. The molecule has 0 saturated carbocycles. The molecule has 0 saturated heterocycles. The van der Waals surface area contributed by atoms with Gasteiger partial charge in [0.2, 0.25) is 0 Å². The number of rotatable bonds is 7. The molecule has 0 amide bonds. The number of carbonyl (C=O) groups is 1. The van der Waals surface area contributed by atoms with Gasteiger partial charge < -0.3 is 4.74 Å². The first kappa shape index (κ1) is 17.2. The van der Waals surface area contributed by atoms with E-state index in [0.29, 0.717) is 12.1 Å². The Morgan fingerprint density at radius 1 is 1.00 bits per heavy atom. The van der Waals surface area contributed by atoms with Crippen molar-refractivity contribution in [3.8, 4) is 0 Å². The number of hydrogen-bond acceptors (Lipinski definition) is 3. The Morgan fingerprint density at radius 3 is 2.17 bits per heavy atom. The van der Waals surface area contributed by atoms with Gasteiger partial charge in [-0.15, -0.1) is 0 Å². The molecule has 2 rings (SSSR count). The fraction of sp³-hybridized carbons (Fsp3) is 0.350. The Hall–Kier alpha value is -2.13. The van der Waals surface area contributed by atoms with E-state index in [0.717, 1.165) is 18.7 Å². The lowest BCUT2D eigenvalue weighted by molar-refractivity contribution is 0.0204. The van der Waals surface area contributed by atoms with Gasteiger partial charge in [-0.25, -0.2) is 4.79 Å². The minimum absolute atomic E-state index is 0.261. The van der Waals surface area contributed by atoms with Gasteiger partial charge in [-0.3, -0.25) is 4.90 Å². The molecule has 2 aromatic carbocycles. The average Bonchev–Trinajstić information content (AvgIpc) is 2.60. The van der Waals surface area contributed by atoms with Gasteiger partial charge >= 0.3 is 5.97 Å². The fourth-order valence-electron chi connectivity index (χ4n) is 2.48. The lowest BCUT2D eigenvalue weighted by atomic mass is 10.1. The molecule has 2 aromatic rings. The number of carbonyl (C=O) groups excluding carboxylic acids is 1. The summed E-state index contributed by atoms with van der Waals surface area (Å²) in [4.78, 5) is 14.7. The summed E-state index contributed by atoms with van der Waals surface area (Å²) in [6.45, 7) is 8.86. The van der Waals surface area contributed by atoms with Gasteiger partial charge in [0.25, 0.3) is 0 Å². The van der Waals surface area contributed by atoms with Crippen LogP contribution in [0.4, 0.5) is 0 Å². The molecular weight excluding hydrogens is 286 g/mol. The zero-order chi connectivity index (χ0) is 16.7. The summed E-state index contributed by atoms with van der Waals surface area (Å²) in [5.74, 6) is -0.275. The fourth-order valence-corrected chi connectivity index (χ4v) is 2.48. The second-order valence-corrected chi connectivity index (χ2v) is 5.66. The summed E-state index contributed by atoms with van der Waals surface area (Å²) in [5.41, 5.74) is 2.82. The quantitative estimate of drug-likeness (QED) is 0.717. The van der Waals surface area contributed by atoms with E-state index >= 15 is 0 Å². The van der Waals surface area contributed by atoms with Crippen LogP contribution in [0, 0.1) is 6.92 Å². The third-order valence-electron chi connectivity index (χ3n) is 4.03. The SMILES string of the molecule is CCN(CC)CC(OC(=O)c1ccccc1)c1ccc(C)cc1. The molecule has 0 heterocycles. The largest absolute Gasteiger partial charge is 0.453 e. The van der Waals surface area contributed by atoms with Crippen LogP contribution in [0.3, 0.4) is 0 Å². The molecule has 0 radical (unpaired) electrons. The number of esters is 1.